The molecule has 0 saturated heterocycles. The molecule has 1 aromatic heterocycles. The summed E-state index contributed by atoms with van der Waals surface area (Å²) in [6, 6.07) is 0. The van der Waals surface area contributed by atoms with Crippen LogP contribution in [0.25, 0.3) is 0 Å². The fourth-order valence-corrected chi connectivity index (χ4v) is 0.515. The zero-order chi connectivity index (χ0) is 7.78. The molecule has 0 N–H and O–H groups in total. The predicted molar refractivity (Wildman–Crippen MR) is 29.7 cm³/mol. The Morgan fingerprint density at radius 2 is 2.00 bits per heavy atom. The van der Waals surface area contributed by atoms with Crippen LogP contribution in [0.2, 0.25) is 0 Å². The van der Waals surface area contributed by atoms with E-state index in [1.807, 2.05) is 0 Å². The predicted octanol–water partition coefficient (Wildman–Crippen LogP) is -3.13. The average Bonchev–Trinajstić information content (AvgIpc) is 2.11. The van der Waals surface area contributed by atoms with Crippen LogP contribution in [-0.2, 0) is 7.05 Å². The molecule has 3 nitrogen and oxygen atoms in total. The van der Waals surface area contributed by atoms with Crippen LogP contribution in [0.3, 0.4) is 0 Å². The summed E-state index contributed by atoms with van der Waals surface area (Å²) in [5.74, 6) is 0. The molecule has 0 fully saturated rings. The molecular weight excluding hydrogens is 185 g/mol. The zero-order valence-electron chi connectivity index (χ0n) is 6.13. The Balaban J connectivity index is 0.000001000. The van der Waals surface area contributed by atoms with Gasteiger partial charge in [-0.3, -0.25) is 4.68 Å². The van der Waals surface area contributed by atoms with Crippen LogP contribution < -0.4 is 57.0 Å². The fourth-order valence-electron chi connectivity index (χ4n) is 0.515. The molecule has 0 aliphatic rings. The second-order valence-electron chi connectivity index (χ2n) is 1.89. The summed E-state index contributed by atoms with van der Waals surface area (Å²) in [6.45, 7) is -4.98. The number of halogens is 3. The molecular formula is C3H4BF3KN3. The van der Waals surface area contributed by atoms with Crippen LogP contribution in [0.4, 0.5) is 12.9 Å². The first kappa shape index (κ1) is 11.6. The Morgan fingerprint density at radius 3 is 2.18 bits per heavy atom. The second kappa shape index (κ2) is 4.04. The quantitative estimate of drug-likeness (QED) is 0.437. The fraction of sp³-hybridized carbons (Fsp3) is 0.333. The second-order valence-corrected chi connectivity index (χ2v) is 1.89. The average molecular weight is 189 g/mol. The van der Waals surface area contributed by atoms with Gasteiger partial charge in [-0.2, -0.15) is 5.10 Å². The molecule has 1 rings (SSSR count). The van der Waals surface area contributed by atoms with Crippen molar-refractivity contribution >= 4 is 12.6 Å². The molecule has 0 aliphatic carbocycles. The molecule has 8 heteroatoms. The Kier molecular flexibility index (Phi) is 4.27. The normalized spacial score (nSPS) is 10.9. The van der Waals surface area contributed by atoms with E-state index in [0.717, 1.165) is 10.9 Å². The summed E-state index contributed by atoms with van der Waals surface area (Å²) in [7, 11) is 1.39. The molecule has 0 aromatic carbocycles. The minimum absolute atomic E-state index is 0. The first-order chi connectivity index (χ1) is 4.50. The van der Waals surface area contributed by atoms with Crippen molar-refractivity contribution in [3.8, 4) is 0 Å². The van der Waals surface area contributed by atoms with Gasteiger partial charge >= 0.3 is 58.4 Å². The van der Waals surface area contributed by atoms with Crippen LogP contribution in [0.15, 0.2) is 6.20 Å². The van der Waals surface area contributed by atoms with Gasteiger partial charge in [0.25, 0.3) is 0 Å². The van der Waals surface area contributed by atoms with Crippen LogP contribution in [0, 0.1) is 0 Å². The molecule has 0 radical (unpaired) electrons. The van der Waals surface area contributed by atoms with Gasteiger partial charge < -0.3 is 12.9 Å². The number of aryl methyl sites for hydroxylation is 1. The summed E-state index contributed by atoms with van der Waals surface area (Å²) in [5, 5.41) is 6.05. The molecule has 0 bridgehead atoms. The van der Waals surface area contributed by atoms with Gasteiger partial charge in [-0.1, -0.05) is 5.21 Å². The van der Waals surface area contributed by atoms with Crippen LogP contribution in [0.1, 0.15) is 0 Å². The topological polar surface area (TPSA) is 30.7 Å². The van der Waals surface area contributed by atoms with Gasteiger partial charge in [0.2, 0.25) is 0 Å². The third kappa shape index (κ3) is 3.24. The van der Waals surface area contributed by atoms with E-state index in [0.29, 0.717) is 0 Å². The summed E-state index contributed by atoms with van der Waals surface area (Å²) in [6.07, 6.45) is 0.847. The van der Waals surface area contributed by atoms with E-state index < -0.39 is 12.6 Å². The standard InChI is InChI=1S/C3H4BF3N3.K/c1-10-2-3(8-9-10)4(5,6)7;/h2H,1H3;/q-1;+1. The van der Waals surface area contributed by atoms with Gasteiger partial charge in [0.15, 0.2) is 0 Å². The van der Waals surface area contributed by atoms with Gasteiger partial charge in [0.1, 0.15) is 0 Å². The van der Waals surface area contributed by atoms with Crippen molar-refractivity contribution in [2.45, 2.75) is 0 Å². The molecule has 0 amide bonds. The number of hydrogen-bond acceptors (Lipinski definition) is 2. The molecule has 0 saturated carbocycles. The Bertz CT molecular complexity index is 234. The SMILES string of the molecule is Cn1cc([B-](F)(F)F)nn1.[K+]. The maximum absolute atomic E-state index is 11.7. The summed E-state index contributed by atoms with van der Waals surface area (Å²) < 4.78 is 36.3. The van der Waals surface area contributed by atoms with E-state index in [1.165, 1.54) is 7.05 Å². The molecule has 56 valence electrons. The van der Waals surface area contributed by atoms with E-state index in [-0.39, 0.29) is 51.4 Å². The molecule has 0 aliphatic heterocycles. The maximum Gasteiger partial charge on any atom is 1.00 e. The summed E-state index contributed by atoms with van der Waals surface area (Å²) >= 11 is 0. The van der Waals surface area contributed by atoms with Gasteiger partial charge in [0.05, 0.1) is 0 Å². The number of aromatic nitrogens is 3. The minimum Gasteiger partial charge on any atom is -0.444 e. The summed E-state index contributed by atoms with van der Waals surface area (Å²) in [4.78, 5) is 0. The van der Waals surface area contributed by atoms with Crippen molar-refractivity contribution < 1.29 is 64.3 Å². The van der Waals surface area contributed by atoms with Crippen molar-refractivity contribution in [2.75, 3.05) is 0 Å². The number of nitrogens with zero attached hydrogens (tertiary/aromatic N) is 3. The Labute approximate surface area is 104 Å². The third-order valence-corrected chi connectivity index (χ3v) is 0.956. The van der Waals surface area contributed by atoms with Crippen LogP contribution >= 0.6 is 0 Å². The first-order valence-electron chi connectivity index (χ1n) is 2.56. The molecule has 0 atom stereocenters. The van der Waals surface area contributed by atoms with E-state index in [9.17, 15) is 12.9 Å². The summed E-state index contributed by atoms with van der Waals surface area (Å²) in [5.41, 5.74) is -0.900. The van der Waals surface area contributed by atoms with Crippen LogP contribution in [0.5, 0.6) is 0 Å². The van der Waals surface area contributed by atoms with E-state index >= 15 is 0 Å². The molecule has 11 heavy (non-hydrogen) atoms. The van der Waals surface area contributed by atoms with E-state index in [1.54, 1.807) is 0 Å². The molecule has 0 unspecified atom stereocenters. The van der Waals surface area contributed by atoms with Crippen LogP contribution in [-0.4, -0.2) is 22.0 Å². The largest absolute Gasteiger partial charge is 1.00 e. The van der Waals surface area contributed by atoms with Crippen molar-refractivity contribution in [1.82, 2.24) is 15.0 Å². The van der Waals surface area contributed by atoms with E-state index in [2.05, 4.69) is 10.3 Å². The smallest absolute Gasteiger partial charge is 0.444 e. The molecule has 0 spiro atoms. The van der Waals surface area contributed by atoms with Crippen molar-refractivity contribution in [3.63, 3.8) is 0 Å². The molecule has 1 heterocycles. The zero-order valence-corrected chi connectivity index (χ0v) is 9.25. The number of rotatable bonds is 1. The van der Waals surface area contributed by atoms with Crippen molar-refractivity contribution in [2.24, 2.45) is 7.05 Å². The van der Waals surface area contributed by atoms with Gasteiger partial charge in [-0.25, -0.2) is 0 Å². The maximum atomic E-state index is 11.7. The van der Waals surface area contributed by atoms with Gasteiger partial charge in [0, 0.05) is 18.8 Å². The first-order valence-corrected chi connectivity index (χ1v) is 2.56. The monoisotopic (exact) mass is 189 g/mol. The Morgan fingerprint density at radius 1 is 1.45 bits per heavy atom. The minimum atomic E-state index is -4.98. The Hall–Kier alpha value is 0.631. The van der Waals surface area contributed by atoms with E-state index in [4.69, 9.17) is 0 Å². The van der Waals surface area contributed by atoms with Gasteiger partial charge in [-0.15, -0.1) is 0 Å². The van der Waals surface area contributed by atoms with Gasteiger partial charge in [-0.05, 0) is 0 Å². The molecule has 1 aromatic rings. The van der Waals surface area contributed by atoms with Crippen molar-refractivity contribution in [3.05, 3.63) is 6.20 Å². The number of hydrogen-bond donors (Lipinski definition) is 0. The third-order valence-electron chi connectivity index (χ3n) is 0.956. The van der Waals surface area contributed by atoms with Crippen molar-refractivity contribution in [1.29, 1.82) is 0 Å².